The third-order valence-corrected chi connectivity index (χ3v) is 2.60. The lowest BCUT2D eigenvalue weighted by Gasteiger charge is -2.07. The number of hydrogen-bond donors (Lipinski definition) is 1. The molecule has 1 heterocycles. The van der Waals surface area contributed by atoms with Crippen molar-refractivity contribution in [2.24, 2.45) is 5.73 Å². The first kappa shape index (κ1) is 11.9. The molecule has 0 fully saturated rings. The van der Waals surface area contributed by atoms with Gasteiger partial charge in [-0.2, -0.15) is 0 Å². The topological polar surface area (TPSA) is 82.0 Å². The fraction of sp³-hybridized carbons (Fsp3) is 0.286. The Morgan fingerprint density at radius 1 is 1.67 bits per heavy atom. The van der Waals surface area contributed by atoms with Crippen LogP contribution in [0, 0.1) is 10.1 Å². The molecule has 1 aromatic rings. The van der Waals surface area contributed by atoms with Crippen LogP contribution in [0.15, 0.2) is 10.7 Å². The summed E-state index contributed by atoms with van der Waals surface area (Å²) in [6, 6.07) is 0. The molecule has 82 valence electrons. The van der Waals surface area contributed by atoms with Gasteiger partial charge in [0.05, 0.1) is 15.1 Å². The van der Waals surface area contributed by atoms with Gasteiger partial charge in [0.2, 0.25) is 0 Å². The van der Waals surface area contributed by atoms with Gasteiger partial charge in [-0.25, -0.2) is 8.78 Å². The molecule has 0 aliphatic rings. The van der Waals surface area contributed by atoms with Crippen molar-refractivity contribution in [2.45, 2.75) is 13.0 Å². The highest BCUT2D eigenvalue weighted by Gasteiger charge is 2.27. The number of pyridine rings is 1. The minimum atomic E-state index is -2.95. The van der Waals surface area contributed by atoms with Gasteiger partial charge in [-0.1, -0.05) is 0 Å². The monoisotopic (exact) mass is 281 g/mol. The van der Waals surface area contributed by atoms with Crippen molar-refractivity contribution in [3.63, 3.8) is 0 Å². The van der Waals surface area contributed by atoms with Crippen molar-refractivity contribution in [1.29, 1.82) is 0 Å². The summed E-state index contributed by atoms with van der Waals surface area (Å²) >= 11 is 2.83. The fourth-order valence-electron chi connectivity index (χ4n) is 1.03. The zero-order valence-electron chi connectivity index (χ0n) is 7.28. The van der Waals surface area contributed by atoms with Crippen molar-refractivity contribution >= 4 is 21.6 Å². The van der Waals surface area contributed by atoms with Crippen LogP contribution in [0.5, 0.6) is 0 Å². The second-order valence-corrected chi connectivity index (χ2v) is 3.37. The molecule has 0 saturated carbocycles. The van der Waals surface area contributed by atoms with Crippen molar-refractivity contribution in [3.05, 3.63) is 32.0 Å². The lowest BCUT2D eigenvalue weighted by Crippen LogP contribution is -2.06. The van der Waals surface area contributed by atoms with E-state index < -0.39 is 22.6 Å². The van der Waals surface area contributed by atoms with Gasteiger partial charge in [0.1, 0.15) is 11.8 Å². The van der Waals surface area contributed by atoms with E-state index in [0.29, 0.717) is 0 Å². The number of aromatic nitrogens is 1. The summed E-state index contributed by atoms with van der Waals surface area (Å²) in [7, 11) is 0. The summed E-state index contributed by atoms with van der Waals surface area (Å²) in [5, 5.41) is 10.5. The number of alkyl halides is 2. The standard InChI is InChI=1S/C7H6BrF2N3O2/c8-6-3(1-11)12-2-4(13(14)15)5(6)7(9)10/h2,7H,1,11H2. The summed E-state index contributed by atoms with van der Waals surface area (Å²) in [6.07, 6.45) is -2.16. The van der Waals surface area contributed by atoms with E-state index in [9.17, 15) is 18.9 Å². The molecule has 1 rings (SSSR count). The number of nitrogens with zero attached hydrogens (tertiary/aromatic N) is 2. The molecule has 0 spiro atoms. The van der Waals surface area contributed by atoms with E-state index in [2.05, 4.69) is 20.9 Å². The molecular weight excluding hydrogens is 276 g/mol. The SMILES string of the molecule is NCc1ncc([N+](=O)[O-])c(C(F)F)c1Br. The molecule has 0 aliphatic heterocycles. The highest BCUT2D eigenvalue weighted by Crippen LogP contribution is 2.35. The first-order valence-corrected chi connectivity index (χ1v) is 4.58. The van der Waals surface area contributed by atoms with E-state index >= 15 is 0 Å². The molecule has 5 nitrogen and oxygen atoms in total. The summed E-state index contributed by atoms with van der Waals surface area (Å²) in [6.45, 7) is -0.0711. The van der Waals surface area contributed by atoms with Crippen molar-refractivity contribution in [1.82, 2.24) is 4.98 Å². The molecule has 0 unspecified atom stereocenters. The summed E-state index contributed by atoms with van der Waals surface area (Å²) in [5.74, 6) is 0. The Kier molecular flexibility index (Phi) is 3.64. The van der Waals surface area contributed by atoms with Crippen LogP contribution in [0.2, 0.25) is 0 Å². The first-order valence-electron chi connectivity index (χ1n) is 3.79. The van der Waals surface area contributed by atoms with Gasteiger partial charge in [-0.05, 0) is 15.9 Å². The predicted molar refractivity (Wildman–Crippen MR) is 51.4 cm³/mol. The largest absolute Gasteiger partial charge is 0.325 e. The maximum absolute atomic E-state index is 12.6. The zero-order chi connectivity index (χ0) is 11.6. The van der Waals surface area contributed by atoms with Gasteiger partial charge in [0.25, 0.3) is 12.1 Å². The van der Waals surface area contributed by atoms with E-state index in [0.717, 1.165) is 6.20 Å². The van der Waals surface area contributed by atoms with Crippen molar-refractivity contribution < 1.29 is 13.7 Å². The second kappa shape index (κ2) is 4.58. The van der Waals surface area contributed by atoms with Crippen LogP contribution in [-0.4, -0.2) is 9.91 Å². The first-order chi connectivity index (χ1) is 6.99. The van der Waals surface area contributed by atoms with E-state index in [1.807, 2.05) is 0 Å². The maximum Gasteiger partial charge on any atom is 0.297 e. The summed E-state index contributed by atoms with van der Waals surface area (Å²) in [5.41, 5.74) is 4.00. The molecule has 2 N–H and O–H groups in total. The fourth-order valence-corrected chi connectivity index (χ4v) is 1.67. The minimum absolute atomic E-state index is 0.0711. The smallest absolute Gasteiger partial charge is 0.297 e. The van der Waals surface area contributed by atoms with Crippen LogP contribution >= 0.6 is 15.9 Å². The highest BCUT2D eigenvalue weighted by molar-refractivity contribution is 9.10. The van der Waals surface area contributed by atoms with Gasteiger partial charge in [0, 0.05) is 6.54 Å². The van der Waals surface area contributed by atoms with Crippen LogP contribution in [0.25, 0.3) is 0 Å². The third-order valence-electron chi connectivity index (χ3n) is 1.72. The molecule has 0 aliphatic carbocycles. The van der Waals surface area contributed by atoms with Gasteiger partial charge >= 0.3 is 0 Å². The number of nitrogens with two attached hydrogens (primary N) is 1. The lowest BCUT2D eigenvalue weighted by atomic mass is 10.2. The Balaban J connectivity index is 3.44. The molecule has 8 heteroatoms. The highest BCUT2D eigenvalue weighted by atomic mass is 79.9. The molecule has 0 aromatic carbocycles. The van der Waals surface area contributed by atoms with Crippen LogP contribution in [0.1, 0.15) is 17.7 Å². The molecule has 0 bridgehead atoms. The summed E-state index contributed by atoms with van der Waals surface area (Å²) in [4.78, 5) is 13.2. The van der Waals surface area contributed by atoms with E-state index in [4.69, 9.17) is 5.73 Å². The van der Waals surface area contributed by atoms with Crippen LogP contribution in [0.3, 0.4) is 0 Å². The van der Waals surface area contributed by atoms with Gasteiger partial charge in [-0.15, -0.1) is 0 Å². The lowest BCUT2D eigenvalue weighted by molar-refractivity contribution is -0.386. The average molecular weight is 282 g/mol. The van der Waals surface area contributed by atoms with Crippen molar-refractivity contribution in [3.8, 4) is 0 Å². The molecule has 0 saturated heterocycles. The van der Waals surface area contributed by atoms with Crippen LogP contribution in [-0.2, 0) is 6.54 Å². The normalized spacial score (nSPS) is 10.7. The van der Waals surface area contributed by atoms with Gasteiger partial charge in [-0.3, -0.25) is 15.1 Å². The molecule has 0 radical (unpaired) electrons. The Morgan fingerprint density at radius 2 is 2.27 bits per heavy atom. The Hall–Kier alpha value is -1.15. The Labute approximate surface area is 91.6 Å². The third kappa shape index (κ3) is 2.26. The van der Waals surface area contributed by atoms with Crippen LogP contribution in [0.4, 0.5) is 14.5 Å². The van der Waals surface area contributed by atoms with Gasteiger partial charge < -0.3 is 5.73 Å². The number of halogens is 3. The molecule has 1 aromatic heterocycles. The maximum atomic E-state index is 12.6. The second-order valence-electron chi connectivity index (χ2n) is 2.58. The predicted octanol–water partition coefficient (Wildman–Crippen LogP) is 2.15. The Bertz CT molecular complexity index is 400. The van der Waals surface area contributed by atoms with Crippen molar-refractivity contribution in [2.75, 3.05) is 0 Å². The van der Waals surface area contributed by atoms with E-state index in [1.54, 1.807) is 0 Å². The Morgan fingerprint density at radius 3 is 2.67 bits per heavy atom. The zero-order valence-corrected chi connectivity index (χ0v) is 8.87. The number of rotatable bonds is 3. The van der Waals surface area contributed by atoms with Gasteiger partial charge in [0.15, 0.2) is 0 Å². The minimum Gasteiger partial charge on any atom is -0.325 e. The van der Waals surface area contributed by atoms with E-state index in [1.165, 1.54) is 0 Å². The molecule has 15 heavy (non-hydrogen) atoms. The number of nitro groups is 1. The molecular formula is C7H6BrF2N3O2. The summed E-state index contributed by atoms with van der Waals surface area (Å²) < 4.78 is 25.0. The van der Waals surface area contributed by atoms with E-state index in [-0.39, 0.29) is 16.7 Å². The molecule has 0 amide bonds. The molecule has 0 atom stereocenters. The quantitative estimate of drug-likeness (QED) is 0.680. The number of hydrogen-bond acceptors (Lipinski definition) is 4. The average Bonchev–Trinajstić information content (AvgIpc) is 2.16. The van der Waals surface area contributed by atoms with Crippen LogP contribution < -0.4 is 5.73 Å².